The first kappa shape index (κ1) is 14.6. The second-order valence-corrected chi connectivity index (χ2v) is 5.62. The quantitative estimate of drug-likeness (QED) is 0.685. The molecular formula is C13H15ClN2O4. The molecule has 1 N–H and O–H groups in total. The first-order valence-electron chi connectivity index (χ1n) is 6.26. The van der Waals surface area contributed by atoms with E-state index in [2.05, 4.69) is 0 Å². The van der Waals surface area contributed by atoms with Gasteiger partial charge in [-0.1, -0.05) is 17.7 Å². The van der Waals surface area contributed by atoms with Gasteiger partial charge in [0.2, 0.25) is 0 Å². The summed E-state index contributed by atoms with van der Waals surface area (Å²) in [5, 5.41) is 20.4. The predicted octanol–water partition coefficient (Wildman–Crippen LogP) is 2.94. The zero-order valence-corrected chi connectivity index (χ0v) is 11.8. The summed E-state index contributed by atoms with van der Waals surface area (Å²) in [6.07, 6.45) is 0.901. The third kappa shape index (κ3) is 2.56. The molecule has 1 fully saturated rings. The Balaban J connectivity index is 2.26. The van der Waals surface area contributed by atoms with Gasteiger partial charge < -0.3 is 10.0 Å². The van der Waals surface area contributed by atoms with Gasteiger partial charge in [-0.05, 0) is 31.9 Å². The molecule has 0 amide bonds. The molecule has 0 atom stereocenters. The lowest BCUT2D eigenvalue weighted by Gasteiger charge is -2.37. The second-order valence-electron chi connectivity index (χ2n) is 5.22. The highest BCUT2D eigenvalue weighted by molar-refractivity contribution is 6.33. The van der Waals surface area contributed by atoms with Crippen LogP contribution in [-0.2, 0) is 4.79 Å². The van der Waals surface area contributed by atoms with Gasteiger partial charge in [-0.2, -0.15) is 0 Å². The molecule has 0 aromatic heterocycles. The number of hydrogen-bond acceptors (Lipinski definition) is 4. The summed E-state index contributed by atoms with van der Waals surface area (Å²) in [5.74, 6) is -0.822. The topological polar surface area (TPSA) is 83.7 Å². The number of aliphatic carboxylic acids is 1. The number of nitro benzene ring substituents is 1. The Morgan fingerprint density at radius 2 is 2.05 bits per heavy atom. The first-order valence-corrected chi connectivity index (χ1v) is 6.64. The van der Waals surface area contributed by atoms with Crippen LogP contribution in [0.2, 0.25) is 5.02 Å². The van der Waals surface area contributed by atoms with Crippen LogP contribution < -0.4 is 4.90 Å². The van der Waals surface area contributed by atoms with Gasteiger partial charge in [0.05, 0.1) is 10.3 Å². The number of carboxylic acids is 1. The molecule has 1 aromatic carbocycles. The molecule has 1 aromatic rings. The summed E-state index contributed by atoms with van der Waals surface area (Å²) in [7, 11) is 0. The minimum atomic E-state index is -0.822. The van der Waals surface area contributed by atoms with Gasteiger partial charge in [0.1, 0.15) is 10.7 Å². The van der Waals surface area contributed by atoms with Gasteiger partial charge >= 0.3 is 11.7 Å². The summed E-state index contributed by atoms with van der Waals surface area (Å²) in [6.45, 7) is 2.63. The molecular weight excluding hydrogens is 284 g/mol. The third-order valence-corrected chi connectivity index (χ3v) is 4.18. The van der Waals surface area contributed by atoms with Crippen LogP contribution in [0.1, 0.15) is 19.8 Å². The van der Waals surface area contributed by atoms with Crippen molar-refractivity contribution in [3.8, 4) is 0 Å². The van der Waals surface area contributed by atoms with E-state index in [-0.39, 0.29) is 10.7 Å². The van der Waals surface area contributed by atoms with Gasteiger partial charge in [0.25, 0.3) is 0 Å². The second kappa shape index (κ2) is 5.28. The van der Waals surface area contributed by atoms with E-state index in [1.165, 1.54) is 6.07 Å². The Kier molecular flexibility index (Phi) is 3.85. The molecule has 0 spiro atoms. The number of hydrogen-bond donors (Lipinski definition) is 1. The smallest absolute Gasteiger partial charge is 0.310 e. The summed E-state index contributed by atoms with van der Waals surface area (Å²) in [6, 6.07) is 4.79. The van der Waals surface area contributed by atoms with Crippen LogP contribution >= 0.6 is 11.6 Å². The van der Waals surface area contributed by atoms with Crippen molar-refractivity contribution < 1.29 is 14.8 Å². The Morgan fingerprint density at radius 3 is 2.55 bits per heavy atom. The van der Waals surface area contributed by atoms with E-state index in [1.807, 2.05) is 4.90 Å². The zero-order chi connectivity index (χ0) is 14.9. The van der Waals surface area contributed by atoms with Gasteiger partial charge in [-0.25, -0.2) is 0 Å². The van der Waals surface area contributed by atoms with E-state index >= 15 is 0 Å². The van der Waals surface area contributed by atoms with Crippen LogP contribution in [0.15, 0.2) is 18.2 Å². The predicted molar refractivity (Wildman–Crippen MR) is 75.3 cm³/mol. The molecule has 1 saturated heterocycles. The van der Waals surface area contributed by atoms with Crippen molar-refractivity contribution in [1.82, 2.24) is 0 Å². The molecule has 108 valence electrons. The minimum Gasteiger partial charge on any atom is -0.481 e. The SMILES string of the molecule is CC1(C(=O)O)CCN(c2cccc(Cl)c2[N+](=O)[O-])CC1. The van der Waals surface area contributed by atoms with Crippen molar-refractivity contribution in [3.05, 3.63) is 33.3 Å². The molecule has 0 radical (unpaired) electrons. The van der Waals surface area contributed by atoms with Crippen molar-refractivity contribution in [2.75, 3.05) is 18.0 Å². The summed E-state index contributed by atoms with van der Waals surface area (Å²) >= 11 is 5.89. The van der Waals surface area contributed by atoms with E-state index < -0.39 is 16.3 Å². The van der Waals surface area contributed by atoms with E-state index in [4.69, 9.17) is 11.6 Å². The number of piperidine rings is 1. The number of halogens is 1. The highest BCUT2D eigenvalue weighted by Crippen LogP contribution is 2.39. The van der Waals surface area contributed by atoms with Crippen molar-refractivity contribution in [2.45, 2.75) is 19.8 Å². The van der Waals surface area contributed by atoms with E-state index in [9.17, 15) is 20.0 Å². The maximum atomic E-state index is 11.2. The molecule has 2 rings (SSSR count). The molecule has 0 unspecified atom stereocenters. The van der Waals surface area contributed by atoms with Crippen LogP contribution in [0.25, 0.3) is 0 Å². The van der Waals surface area contributed by atoms with Crippen molar-refractivity contribution >= 4 is 28.9 Å². The Morgan fingerprint density at radius 1 is 1.45 bits per heavy atom. The van der Waals surface area contributed by atoms with Gasteiger partial charge in [0.15, 0.2) is 0 Å². The van der Waals surface area contributed by atoms with E-state index in [0.717, 1.165) is 0 Å². The van der Waals surface area contributed by atoms with Gasteiger partial charge in [-0.3, -0.25) is 14.9 Å². The molecule has 1 aliphatic heterocycles. The molecule has 6 nitrogen and oxygen atoms in total. The average Bonchev–Trinajstić information content (AvgIpc) is 2.38. The van der Waals surface area contributed by atoms with Crippen molar-refractivity contribution in [3.63, 3.8) is 0 Å². The summed E-state index contributed by atoms with van der Waals surface area (Å²) in [5.41, 5.74) is -0.424. The first-order chi connectivity index (χ1) is 9.35. The lowest BCUT2D eigenvalue weighted by molar-refractivity contribution is -0.384. The Hall–Kier alpha value is -1.82. The number of nitrogens with zero attached hydrogens (tertiary/aromatic N) is 2. The molecule has 0 bridgehead atoms. The lowest BCUT2D eigenvalue weighted by Crippen LogP contribution is -2.42. The van der Waals surface area contributed by atoms with E-state index in [1.54, 1.807) is 19.1 Å². The number of carbonyl (C=O) groups is 1. The van der Waals surface area contributed by atoms with Crippen LogP contribution in [0.5, 0.6) is 0 Å². The summed E-state index contributed by atoms with van der Waals surface area (Å²) < 4.78 is 0. The summed E-state index contributed by atoms with van der Waals surface area (Å²) in [4.78, 5) is 23.7. The Labute approximate surface area is 121 Å². The average molecular weight is 299 g/mol. The van der Waals surface area contributed by atoms with Crippen LogP contribution in [0.3, 0.4) is 0 Å². The fourth-order valence-electron chi connectivity index (χ4n) is 2.39. The van der Waals surface area contributed by atoms with Gasteiger partial charge in [0, 0.05) is 13.1 Å². The third-order valence-electron chi connectivity index (χ3n) is 3.87. The van der Waals surface area contributed by atoms with Crippen LogP contribution in [-0.4, -0.2) is 29.1 Å². The standard InChI is InChI=1S/C13H15ClN2O4/c1-13(12(17)18)5-7-15(8-6-13)10-4-2-3-9(14)11(10)16(19)20/h2-4H,5-8H2,1H3,(H,17,18). The van der Waals surface area contributed by atoms with Gasteiger partial charge in [-0.15, -0.1) is 0 Å². The minimum absolute atomic E-state index is 0.0964. The van der Waals surface area contributed by atoms with E-state index in [0.29, 0.717) is 31.6 Å². The zero-order valence-electron chi connectivity index (χ0n) is 11.0. The maximum Gasteiger partial charge on any atom is 0.310 e. The van der Waals surface area contributed by atoms with Crippen LogP contribution in [0, 0.1) is 15.5 Å². The lowest BCUT2D eigenvalue weighted by atomic mass is 9.80. The van der Waals surface area contributed by atoms with Crippen LogP contribution in [0.4, 0.5) is 11.4 Å². The maximum absolute atomic E-state index is 11.2. The molecule has 0 saturated carbocycles. The number of benzene rings is 1. The van der Waals surface area contributed by atoms with Crippen molar-refractivity contribution in [2.24, 2.45) is 5.41 Å². The normalized spacial score (nSPS) is 17.8. The highest BCUT2D eigenvalue weighted by Gasteiger charge is 2.38. The van der Waals surface area contributed by atoms with Crippen molar-refractivity contribution in [1.29, 1.82) is 0 Å². The fraction of sp³-hybridized carbons (Fsp3) is 0.462. The molecule has 0 aliphatic carbocycles. The monoisotopic (exact) mass is 298 g/mol. The molecule has 1 heterocycles. The Bertz CT molecular complexity index is 553. The largest absolute Gasteiger partial charge is 0.481 e. The number of anilines is 1. The molecule has 1 aliphatic rings. The fourth-order valence-corrected chi connectivity index (χ4v) is 2.63. The number of nitro groups is 1. The molecule has 20 heavy (non-hydrogen) atoms. The number of para-hydroxylation sites is 1. The number of rotatable bonds is 3. The number of carboxylic acid groups (broad SMARTS) is 1. The molecule has 7 heteroatoms. The highest BCUT2D eigenvalue weighted by atomic mass is 35.5.